The van der Waals surface area contributed by atoms with Crippen LogP contribution in [0, 0.1) is 0 Å². The van der Waals surface area contributed by atoms with E-state index in [2.05, 4.69) is 12.3 Å². The van der Waals surface area contributed by atoms with E-state index in [4.69, 9.17) is 9.47 Å². The van der Waals surface area contributed by atoms with Gasteiger partial charge in [0.15, 0.2) is 5.76 Å². The van der Waals surface area contributed by atoms with Crippen LogP contribution in [0.3, 0.4) is 0 Å². The van der Waals surface area contributed by atoms with Crippen LogP contribution in [0.5, 0.6) is 5.75 Å². The van der Waals surface area contributed by atoms with Crippen molar-refractivity contribution >= 4 is 0 Å². The molecule has 0 aromatic heterocycles. The molecule has 0 amide bonds. The third-order valence-corrected chi connectivity index (χ3v) is 3.31. The van der Waals surface area contributed by atoms with Gasteiger partial charge in [-0.05, 0) is 37.0 Å². The van der Waals surface area contributed by atoms with Crippen LogP contribution in [0.25, 0.3) is 0 Å². The highest BCUT2D eigenvalue weighted by molar-refractivity contribution is 5.27. The molecule has 1 aromatic carbocycles. The predicted molar refractivity (Wildman–Crippen MR) is 69.2 cm³/mol. The second-order valence-electron chi connectivity index (χ2n) is 4.53. The summed E-state index contributed by atoms with van der Waals surface area (Å²) in [5.74, 6) is 1.28. The lowest BCUT2D eigenvalue weighted by atomic mass is 9.79. The molecule has 0 bridgehead atoms. The summed E-state index contributed by atoms with van der Waals surface area (Å²) < 4.78 is 10.7. The van der Waals surface area contributed by atoms with Crippen molar-refractivity contribution in [2.45, 2.75) is 31.5 Å². The first kappa shape index (κ1) is 12.7. The zero-order chi connectivity index (χ0) is 13.0. The van der Waals surface area contributed by atoms with E-state index in [-0.39, 0.29) is 0 Å². The Morgan fingerprint density at radius 2 is 2.06 bits per heavy atom. The molecule has 18 heavy (non-hydrogen) atoms. The quantitative estimate of drug-likeness (QED) is 0.641. The van der Waals surface area contributed by atoms with E-state index in [0.717, 1.165) is 30.6 Å². The first-order chi connectivity index (χ1) is 8.68. The van der Waals surface area contributed by atoms with Crippen molar-refractivity contribution in [3.63, 3.8) is 0 Å². The van der Waals surface area contributed by atoms with Crippen LogP contribution in [0.4, 0.5) is 0 Å². The van der Waals surface area contributed by atoms with Crippen molar-refractivity contribution < 1.29 is 14.6 Å². The van der Waals surface area contributed by atoms with Crippen molar-refractivity contribution in [1.29, 1.82) is 0 Å². The fourth-order valence-electron chi connectivity index (χ4n) is 1.97. The van der Waals surface area contributed by atoms with Gasteiger partial charge >= 0.3 is 0 Å². The van der Waals surface area contributed by atoms with E-state index in [1.165, 1.54) is 0 Å². The molecule has 1 saturated carbocycles. The van der Waals surface area contributed by atoms with E-state index in [0.29, 0.717) is 12.4 Å². The van der Waals surface area contributed by atoms with Gasteiger partial charge in [-0.25, -0.2) is 0 Å². The summed E-state index contributed by atoms with van der Waals surface area (Å²) in [6.45, 7) is 3.99. The minimum absolute atomic E-state index is 0.407. The van der Waals surface area contributed by atoms with Gasteiger partial charge in [0.1, 0.15) is 18.0 Å². The van der Waals surface area contributed by atoms with Gasteiger partial charge in [-0.2, -0.15) is 0 Å². The minimum atomic E-state index is -0.839. The molecule has 3 nitrogen and oxygen atoms in total. The van der Waals surface area contributed by atoms with Gasteiger partial charge in [0, 0.05) is 0 Å². The zero-order valence-electron chi connectivity index (χ0n) is 10.6. The van der Waals surface area contributed by atoms with Crippen molar-refractivity contribution in [3.8, 4) is 5.75 Å². The number of methoxy groups -OCH3 is 1. The smallest absolute Gasteiger partial charge is 0.170 e. The lowest BCUT2D eigenvalue weighted by molar-refractivity contribution is -0.0501. The summed E-state index contributed by atoms with van der Waals surface area (Å²) in [5.41, 5.74) is 2.89. The molecule has 0 aliphatic heterocycles. The molecule has 1 fully saturated rings. The maximum Gasteiger partial charge on any atom is 0.170 e. The van der Waals surface area contributed by atoms with Crippen LogP contribution in [-0.2, 0) is 11.3 Å². The van der Waals surface area contributed by atoms with Gasteiger partial charge in [-0.15, -0.1) is 0 Å². The summed E-state index contributed by atoms with van der Waals surface area (Å²) in [5, 5.41) is 10.1. The Morgan fingerprint density at radius 3 is 2.50 bits per heavy atom. The van der Waals surface area contributed by atoms with E-state index in [1.54, 1.807) is 7.11 Å². The van der Waals surface area contributed by atoms with Gasteiger partial charge in [0.2, 0.25) is 0 Å². The second kappa shape index (κ2) is 5.30. The Hall–Kier alpha value is -1.70. The fraction of sp³-hybridized carbons (Fsp3) is 0.400. The SMILES string of the molecule is C=C=C(OCc1ccc(OC)cc1)C1(O)CCC1. The molecule has 1 aliphatic carbocycles. The molecular formula is C15H18O3. The van der Waals surface area contributed by atoms with E-state index < -0.39 is 5.60 Å². The molecule has 3 heteroatoms. The molecule has 1 aromatic rings. The maximum absolute atomic E-state index is 10.1. The number of benzene rings is 1. The lowest BCUT2D eigenvalue weighted by Crippen LogP contribution is -2.39. The highest BCUT2D eigenvalue weighted by Gasteiger charge is 2.40. The highest BCUT2D eigenvalue weighted by atomic mass is 16.5. The minimum Gasteiger partial charge on any atom is -0.497 e. The Balaban J connectivity index is 1.95. The van der Waals surface area contributed by atoms with Gasteiger partial charge in [0.25, 0.3) is 0 Å². The Bertz CT molecular complexity index is 451. The summed E-state index contributed by atoms with van der Waals surface area (Å²) in [6, 6.07) is 7.64. The molecule has 96 valence electrons. The Labute approximate surface area is 107 Å². The van der Waals surface area contributed by atoms with Crippen LogP contribution >= 0.6 is 0 Å². The summed E-state index contributed by atoms with van der Waals surface area (Å²) >= 11 is 0. The monoisotopic (exact) mass is 246 g/mol. The first-order valence-electron chi connectivity index (χ1n) is 6.06. The van der Waals surface area contributed by atoms with Gasteiger partial charge < -0.3 is 14.6 Å². The van der Waals surface area contributed by atoms with Crippen molar-refractivity contribution in [1.82, 2.24) is 0 Å². The van der Waals surface area contributed by atoms with Gasteiger partial charge in [-0.3, -0.25) is 0 Å². The number of ether oxygens (including phenoxy) is 2. The third-order valence-electron chi connectivity index (χ3n) is 3.31. The number of hydrogen-bond acceptors (Lipinski definition) is 3. The summed E-state index contributed by atoms with van der Waals surface area (Å²) in [7, 11) is 1.64. The van der Waals surface area contributed by atoms with Gasteiger partial charge in [-0.1, -0.05) is 24.4 Å². The molecule has 2 rings (SSSR count). The average molecular weight is 246 g/mol. The summed E-state index contributed by atoms with van der Waals surface area (Å²) in [6.07, 6.45) is 2.48. The number of aliphatic hydroxyl groups is 1. The number of hydrogen-bond donors (Lipinski definition) is 1. The van der Waals surface area contributed by atoms with Crippen molar-refractivity contribution in [3.05, 3.63) is 47.9 Å². The first-order valence-corrected chi connectivity index (χ1v) is 6.06. The Kier molecular flexibility index (Phi) is 3.75. The molecule has 1 N–H and O–H groups in total. The fourth-order valence-corrected chi connectivity index (χ4v) is 1.97. The van der Waals surface area contributed by atoms with Gasteiger partial charge in [0.05, 0.1) is 7.11 Å². The lowest BCUT2D eigenvalue weighted by Gasteiger charge is -2.36. The Morgan fingerprint density at radius 1 is 1.39 bits per heavy atom. The van der Waals surface area contributed by atoms with E-state index in [1.807, 2.05) is 24.3 Å². The molecule has 0 spiro atoms. The van der Waals surface area contributed by atoms with Crippen LogP contribution < -0.4 is 4.74 Å². The molecule has 0 saturated heterocycles. The molecule has 0 atom stereocenters. The topological polar surface area (TPSA) is 38.7 Å². The number of rotatable bonds is 5. The van der Waals surface area contributed by atoms with Crippen LogP contribution in [0.2, 0.25) is 0 Å². The van der Waals surface area contributed by atoms with Crippen molar-refractivity contribution in [2.75, 3.05) is 7.11 Å². The zero-order valence-corrected chi connectivity index (χ0v) is 10.6. The highest BCUT2D eigenvalue weighted by Crippen LogP contribution is 2.38. The summed E-state index contributed by atoms with van der Waals surface area (Å²) in [4.78, 5) is 0. The molecular weight excluding hydrogens is 228 g/mol. The van der Waals surface area contributed by atoms with E-state index in [9.17, 15) is 5.11 Å². The standard InChI is InChI=1S/C15H18O3/c1-3-14(15(16)9-4-10-15)18-11-12-5-7-13(17-2)8-6-12/h5-8,16H,1,4,9-11H2,2H3. The second-order valence-corrected chi connectivity index (χ2v) is 4.53. The van der Waals surface area contributed by atoms with Crippen LogP contribution in [-0.4, -0.2) is 17.8 Å². The molecule has 1 aliphatic rings. The predicted octanol–water partition coefficient (Wildman–Crippen LogP) is 2.80. The van der Waals surface area contributed by atoms with E-state index >= 15 is 0 Å². The molecule has 0 heterocycles. The van der Waals surface area contributed by atoms with Crippen molar-refractivity contribution in [2.24, 2.45) is 0 Å². The normalized spacial score (nSPS) is 16.3. The molecule has 0 radical (unpaired) electrons. The maximum atomic E-state index is 10.1. The van der Waals surface area contributed by atoms with Crippen LogP contribution in [0.1, 0.15) is 24.8 Å². The largest absolute Gasteiger partial charge is 0.497 e. The van der Waals surface area contributed by atoms with Crippen LogP contribution in [0.15, 0.2) is 42.3 Å². The average Bonchev–Trinajstić information content (AvgIpc) is 2.38. The molecule has 0 unspecified atom stereocenters. The third kappa shape index (κ3) is 2.58.